The van der Waals surface area contributed by atoms with Gasteiger partial charge in [-0.3, -0.25) is 3.97 Å². The number of nitrogens with one attached hydrogen (secondary N) is 1. The molecule has 3 rings (SSSR count). The van der Waals surface area contributed by atoms with Crippen LogP contribution in [0.5, 0.6) is 5.75 Å². The van der Waals surface area contributed by atoms with Crippen molar-refractivity contribution in [2.45, 2.75) is 11.4 Å². The lowest BCUT2D eigenvalue weighted by Gasteiger charge is -2.12. The van der Waals surface area contributed by atoms with Crippen LogP contribution in [0.25, 0.3) is 11.3 Å². The number of hydrogen-bond donors (Lipinski definition) is 1. The summed E-state index contributed by atoms with van der Waals surface area (Å²) < 4.78 is 62.7. The normalized spacial score (nSPS) is 11.0. The Morgan fingerprint density at radius 2 is 1.74 bits per heavy atom. The minimum atomic E-state index is -1.05. The van der Waals surface area contributed by atoms with Crippen LogP contribution in [0.2, 0.25) is 0 Å². The molecule has 27 heavy (non-hydrogen) atoms. The molecule has 0 aliphatic carbocycles. The summed E-state index contributed by atoms with van der Waals surface area (Å²) in [5.74, 6) is -3.31. The maximum Gasteiger partial charge on any atom is 0.150 e. The van der Waals surface area contributed by atoms with E-state index in [1.807, 2.05) is 0 Å². The Bertz CT molecular complexity index is 951. The van der Waals surface area contributed by atoms with Crippen LogP contribution in [-0.2, 0) is 6.54 Å². The first-order chi connectivity index (χ1) is 12.9. The van der Waals surface area contributed by atoms with E-state index in [4.69, 9.17) is 4.74 Å². The van der Waals surface area contributed by atoms with Gasteiger partial charge < -0.3 is 10.1 Å². The third kappa shape index (κ3) is 3.96. The van der Waals surface area contributed by atoms with Crippen molar-refractivity contribution in [2.24, 2.45) is 0 Å². The summed E-state index contributed by atoms with van der Waals surface area (Å²) in [6.45, 7) is 0.372. The van der Waals surface area contributed by atoms with E-state index in [-0.39, 0.29) is 11.4 Å². The smallest absolute Gasteiger partial charge is 0.150 e. The van der Waals surface area contributed by atoms with E-state index in [9.17, 15) is 17.6 Å². The Hall–Kier alpha value is -2.45. The van der Waals surface area contributed by atoms with Crippen LogP contribution in [-0.4, -0.2) is 18.1 Å². The van der Waals surface area contributed by atoms with E-state index in [0.29, 0.717) is 29.1 Å². The fourth-order valence-corrected chi connectivity index (χ4v) is 3.74. The highest BCUT2D eigenvalue weighted by atomic mass is 32.2. The summed E-state index contributed by atoms with van der Waals surface area (Å²) in [5.41, 5.74) is 0.313. The van der Waals surface area contributed by atoms with E-state index in [0.717, 1.165) is 11.9 Å². The fraction of sp³-hybridized carbons (Fsp3) is 0.158. The molecule has 8 heteroatoms. The highest BCUT2D eigenvalue weighted by Crippen LogP contribution is 2.41. The zero-order valence-corrected chi connectivity index (χ0v) is 15.3. The van der Waals surface area contributed by atoms with Crippen molar-refractivity contribution in [3.05, 3.63) is 71.4 Å². The quantitative estimate of drug-likeness (QED) is 0.594. The number of hydrogen-bond acceptors (Lipinski definition) is 3. The van der Waals surface area contributed by atoms with Gasteiger partial charge in [0, 0.05) is 35.3 Å². The maximum atomic E-state index is 14.5. The second-order valence-corrected chi connectivity index (χ2v) is 6.73. The lowest BCUT2D eigenvalue weighted by Crippen LogP contribution is -2.05. The number of rotatable bonds is 6. The van der Waals surface area contributed by atoms with Crippen LogP contribution in [0.3, 0.4) is 0 Å². The van der Waals surface area contributed by atoms with Crippen molar-refractivity contribution >= 4 is 11.9 Å². The highest BCUT2D eigenvalue weighted by Gasteiger charge is 2.25. The molecule has 0 aliphatic heterocycles. The van der Waals surface area contributed by atoms with Gasteiger partial charge in [-0.25, -0.2) is 17.6 Å². The van der Waals surface area contributed by atoms with E-state index in [2.05, 4.69) is 5.32 Å². The molecule has 1 N–H and O–H groups in total. The maximum absolute atomic E-state index is 14.5. The first-order valence-electron chi connectivity index (χ1n) is 7.96. The molecule has 0 unspecified atom stereocenters. The lowest BCUT2D eigenvalue weighted by molar-refractivity contribution is 0.410. The van der Waals surface area contributed by atoms with Crippen molar-refractivity contribution in [3.8, 4) is 17.0 Å². The number of halogens is 4. The van der Waals surface area contributed by atoms with Crippen LogP contribution in [0, 0.1) is 23.3 Å². The molecule has 0 fully saturated rings. The van der Waals surface area contributed by atoms with Crippen molar-refractivity contribution in [2.75, 3.05) is 14.2 Å². The van der Waals surface area contributed by atoms with Gasteiger partial charge in [0.2, 0.25) is 0 Å². The van der Waals surface area contributed by atoms with Gasteiger partial charge in [0.15, 0.2) is 0 Å². The SMILES string of the molecule is CNCc1cn(Sc2cccc(F)c2)c(-c2c(F)cc(F)cc2F)c1OC. The van der Waals surface area contributed by atoms with Gasteiger partial charge in [0.05, 0.1) is 12.7 Å². The van der Waals surface area contributed by atoms with E-state index in [1.165, 1.54) is 29.3 Å². The molecular weight excluding hydrogens is 380 g/mol. The Balaban J connectivity index is 2.21. The fourth-order valence-electron chi connectivity index (χ4n) is 2.76. The third-order valence-corrected chi connectivity index (χ3v) is 4.76. The molecule has 0 aliphatic rings. The first kappa shape index (κ1) is 19.3. The Kier molecular flexibility index (Phi) is 5.76. The number of methoxy groups -OCH3 is 1. The Labute approximate surface area is 158 Å². The second kappa shape index (κ2) is 8.06. The van der Waals surface area contributed by atoms with Gasteiger partial charge >= 0.3 is 0 Å². The van der Waals surface area contributed by atoms with Crippen molar-refractivity contribution in [3.63, 3.8) is 0 Å². The topological polar surface area (TPSA) is 26.2 Å². The molecule has 1 heterocycles. The monoisotopic (exact) mass is 396 g/mol. The molecule has 1 aromatic heterocycles. The average molecular weight is 396 g/mol. The van der Waals surface area contributed by atoms with Gasteiger partial charge in [-0.2, -0.15) is 0 Å². The van der Waals surface area contributed by atoms with Gasteiger partial charge in [-0.1, -0.05) is 6.07 Å². The summed E-state index contributed by atoms with van der Waals surface area (Å²) in [5, 5.41) is 2.95. The zero-order chi connectivity index (χ0) is 19.6. The van der Waals surface area contributed by atoms with Crippen LogP contribution in [0.1, 0.15) is 5.56 Å². The van der Waals surface area contributed by atoms with Crippen LogP contribution >= 0.6 is 11.9 Å². The number of aromatic nitrogens is 1. The van der Waals surface area contributed by atoms with Crippen molar-refractivity contribution in [1.29, 1.82) is 0 Å². The number of benzene rings is 2. The molecule has 0 radical (unpaired) electrons. The molecule has 0 saturated heterocycles. The van der Waals surface area contributed by atoms with Crippen LogP contribution < -0.4 is 10.1 Å². The lowest BCUT2D eigenvalue weighted by atomic mass is 10.1. The molecule has 2 aromatic carbocycles. The first-order valence-corrected chi connectivity index (χ1v) is 8.73. The molecule has 0 spiro atoms. The highest BCUT2D eigenvalue weighted by molar-refractivity contribution is 7.98. The van der Waals surface area contributed by atoms with Gasteiger partial charge in [-0.05, 0) is 37.2 Å². The van der Waals surface area contributed by atoms with Crippen LogP contribution in [0.15, 0.2) is 47.5 Å². The zero-order valence-electron chi connectivity index (χ0n) is 14.5. The third-order valence-electron chi connectivity index (χ3n) is 3.82. The summed E-state index contributed by atoms with van der Waals surface area (Å²) >= 11 is 1.06. The van der Waals surface area contributed by atoms with Gasteiger partial charge in [0.1, 0.15) is 34.7 Å². The molecule has 142 valence electrons. The molecule has 0 atom stereocenters. The average Bonchev–Trinajstić information content (AvgIpc) is 2.91. The number of nitrogens with zero attached hydrogens (tertiary/aromatic N) is 1. The molecule has 3 nitrogen and oxygen atoms in total. The van der Waals surface area contributed by atoms with Crippen LogP contribution in [0.4, 0.5) is 17.6 Å². The number of ether oxygens (including phenoxy) is 1. The molecule has 3 aromatic rings. The summed E-state index contributed by atoms with van der Waals surface area (Å²) in [6.07, 6.45) is 1.64. The van der Waals surface area contributed by atoms with E-state index >= 15 is 0 Å². The molecule has 0 saturated carbocycles. The van der Waals surface area contributed by atoms with Gasteiger partial charge in [-0.15, -0.1) is 0 Å². The second-order valence-electron chi connectivity index (χ2n) is 5.69. The predicted molar refractivity (Wildman–Crippen MR) is 96.7 cm³/mol. The van der Waals surface area contributed by atoms with Crippen molar-refractivity contribution in [1.82, 2.24) is 9.29 Å². The Morgan fingerprint density at radius 1 is 1.04 bits per heavy atom. The molecule has 0 bridgehead atoms. The summed E-state index contributed by atoms with van der Waals surface area (Å²) in [4.78, 5) is 0.521. The molecule has 0 amide bonds. The predicted octanol–water partition coefficient (Wildman–Crippen LogP) is 4.99. The minimum absolute atomic E-state index is 0.0898. The Morgan fingerprint density at radius 3 is 2.33 bits per heavy atom. The summed E-state index contributed by atoms with van der Waals surface area (Å²) in [6, 6.07) is 7.02. The minimum Gasteiger partial charge on any atom is -0.494 e. The molecular formula is C19H16F4N2OS. The largest absolute Gasteiger partial charge is 0.494 e. The standard InChI is InChI=1S/C19H16F4N2OS/c1-24-9-11-10-25(27-14-5-3-4-12(20)6-14)18(19(11)26-2)17-15(22)7-13(21)8-16(17)23/h3-8,10,24H,9H2,1-2H3. The summed E-state index contributed by atoms with van der Waals surface area (Å²) in [7, 11) is 3.10. The van der Waals surface area contributed by atoms with E-state index in [1.54, 1.807) is 19.3 Å². The van der Waals surface area contributed by atoms with E-state index < -0.39 is 28.8 Å². The van der Waals surface area contributed by atoms with Crippen molar-refractivity contribution < 1.29 is 22.3 Å². The van der Waals surface area contributed by atoms with Gasteiger partial charge in [0.25, 0.3) is 0 Å².